The number of allylic oxidation sites excluding steroid dienone is 4. The molecule has 0 aliphatic carbocycles. The highest BCUT2D eigenvalue weighted by atomic mass is 14.9. The van der Waals surface area contributed by atoms with Crippen LogP contribution in [0.3, 0.4) is 0 Å². The number of nitrogens with zero attached hydrogens (tertiary/aromatic N) is 2. The summed E-state index contributed by atoms with van der Waals surface area (Å²) in [5, 5.41) is 0. The lowest BCUT2D eigenvalue weighted by molar-refractivity contribution is 1.69. The van der Waals surface area contributed by atoms with Crippen LogP contribution in [0, 0.1) is 13.1 Å². The molecule has 0 aromatic heterocycles. The zero-order valence-electron chi connectivity index (χ0n) is 5.41. The minimum atomic E-state index is 0.0677. The van der Waals surface area contributed by atoms with Crippen LogP contribution in [0.4, 0.5) is 0 Å². The Kier molecular flexibility index (Phi) is 4.38. The first kappa shape index (κ1) is 8.20. The Hall–Kier alpha value is -1.80. The fourth-order valence-electron chi connectivity index (χ4n) is 0.320. The van der Waals surface area contributed by atoms with Gasteiger partial charge in [0.05, 0.1) is 0 Å². The van der Waals surface area contributed by atoms with E-state index < -0.39 is 0 Å². The second-order valence-electron chi connectivity index (χ2n) is 1.37. The van der Waals surface area contributed by atoms with Crippen LogP contribution >= 0.6 is 0 Å². The lowest BCUT2D eigenvalue weighted by Crippen LogP contribution is -1.58. The van der Waals surface area contributed by atoms with Crippen LogP contribution in [0.1, 0.15) is 0 Å². The average molecular weight is 130 g/mol. The predicted octanol–water partition coefficient (Wildman–Crippen LogP) is 2.41. The molecule has 0 aromatic carbocycles. The highest BCUT2D eigenvalue weighted by molar-refractivity contribution is 5.24. The van der Waals surface area contributed by atoms with Crippen LogP contribution in [-0.2, 0) is 0 Å². The van der Waals surface area contributed by atoms with Crippen LogP contribution < -0.4 is 0 Å². The summed E-state index contributed by atoms with van der Waals surface area (Å²) in [7, 11) is 0. The van der Waals surface area contributed by atoms with E-state index in [1.54, 1.807) is 18.2 Å². The smallest absolute Gasteiger partial charge is 0.154 e. The van der Waals surface area contributed by atoms with Gasteiger partial charge in [0, 0.05) is 6.08 Å². The van der Waals surface area contributed by atoms with Crippen molar-refractivity contribution in [1.29, 1.82) is 0 Å². The SMILES string of the molecule is [C-]#[N+]C(=CC=CC=C)[N+]#[C-]. The van der Waals surface area contributed by atoms with Crippen molar-refractivity contribution in [1.82, 2.24) is 0 Å². The zero-order chi connectivity index (χ0) is 7.82. The van der Waals surface area contributed by atoms with Gasteiger partial charge >= 0.3 is 5.82 Å². The first-order chi connectivity index (χ1) is 4.85. The molecule has 2 nitrogen and oxygen atoms in total. The third kappa shape index (κ3) is 3.23. The van der Waals surface area contributed by atoms with Gasteiger partial charge in [-0.15, -0.1) is 0 Å². The maximum absolute atomic E-state index is 6.48. The topological polar surface area (TPSA) is 8.72 Å². The van der Waals surface area contributed by atoms with E-state index in [1.807, 2.05) is 0 Å². The average Bonchev–Trinajstić information content (AvgIpc) is 1.99. The van der Waals surface area contributed by atoms with Gasteiger partial charge in [-0.3, -0.25) is 0 Å². The van der Waals surface area contributed by atoms with Gasteiger partial charge < -0.3 is 0 Å². The molecule has 0 rings (SSSR count). The molecule has 0 atom stereocenters. The summed E-state index contributed by atoms with van der Waals surface area (Å²) in [6.45, 7) is 16.4. The van der Waals surface area contributed by atoms with E-state index in [9.17, 15) is 0 Å². The van der Waals surface area contributed by atoms with Crippen molar-refractivity contribution in [2.75, 3.05) is 0 Å². The number of hydrogen-bond acceptors (Lipinski definition) is 0. The second-order valence-corrected chi connectivity index (χ2v) is 1.37. The van der Waals surface area contributed by atoms with E-state index in [1.165, 1.54) is 6.08 Å². The first-order valence-corrected chi connectivity index (χ1v) is 2.59. The molecule has 0 N–H and O–H groups in total. The summed E-state index contributed by atoms with van der Waals surface area (Å²) in [5.41, 5.74) is 0. The summed E-state index contributed by atoms with van der Waals surface area (Å²) in [6.07, 6.45) is 6.30. The van der Waals surface area contributed by atoms with Gasteiger partial charge in [-0.2, -0.15) is 9.69 Å². The monoisotopic (exact) mass is 130 g/mol. The molecule has 0 amide bonds. The molecule has 0 radical (unpaired) electrons. The maximum atomic E-state index is 6.48. The van der Waals surface area contributed by atoms with Crippen molar-refractivity contribution >= 4 is 0 Å². The van der Waals surface area contributed by atoms with Crippen LogP contribution in [0.25, 0.3) is 9.69 Å². The largest absolute Gasteiger partial charge is 0.519 e. The molecule has 10 heavy (non-hydrogen) atoms. The molecule has 0 spiro atoms. The highest BCUT2D eigenvalue weighted by Gasteiger charge is 1.95. The van der Waals surface area contributed by atoms with E-state index in [-0.39, 0.29) is 5.82 Å². The minimum Gasteiger partial charge on any atom is -0.154 e. The molecule has 0 bridgehead atoms. The molecule has 0 aliphatic heterocycles. The lowest BCUT2D eigenvalue weighted by Gasteiger charge is -1.67. The van der Waals surface area contributed by atoms with Gasteiger partial charge in [0.25, 0.3) is 0 Å². The first-order valence-electron chi connectivity index (χ1n) is 2.59. The molecule has 2 heteroatoms. The van der Waals surface area contributed by atoms with Gasteiger partial charge in [-0.25, -0.2) is 0 Å². The molecular weight excluding hydrogens is 124 g/mol. The molecule has 0 saturated carbocycles. The van der Waals surface area contributed by atoms with Crippen molar-refractivity contribution < 1.29 is 0 Å². The molecule has 0 fully saturated rings. The molecule has 0 unspecified atom stereocenters. The zero-order valence-corrected chi connectivity index (χ0v) is 5.41. The lowest BCUT2D eigenvalue weighted by atomic mass is 10.4. The van der Waals surface area contributed by atoms with Crippen LogP contribution in [0.2, 0.25) is 0 Å². The fourth-order valence-corrected chi connectivity index (χ4v) is 0.320. The summed E-state index contributed by atoms with van der Waals surface area (Å²) in [6, 6.07) is 0. The summed E-state index contributed by atoms with van der Waals surface area (Å²) in [5.74, 6) is 0.0677. The normalized spacial score (nSPS) is 7.80. The van der Waals surface area contributed by atoms with Gasteiger partial charge in [-0.1, -0.05) is 24.8 Å². The Morgan fingerprint density at radius 3 is 2.20 bits per heavy atom. The van der Waals surface area contributed by atoms with Gasteiger partial charge in [0.2, 0.25) is 0 Å². The van der Waals surface area contributed by atoms with Crippen molar-refractivity contribution in [2.24, 2.45) is 0 Å². The Bertz CT molecular complexity index is 229. The summed E-state index contributed by atoms with van der Waals surface area (Å²) in [4.78, 5) is 5.90. The maximum Gasteiger partial charge on any atom is 0.519 e. The van der Waals surface area contributed by atoms with Crippen LogP contribution in [0.15, 0.2) is 36.7 Å². The fraction of sp³-hybridized carbons (Fsp3) is 0. The number of rotatable bonds is 2. The second kappa shape index (κ2) is 5.34. The van der Waals surface area contributed by atoms with Crippen LogP contribution in [0.5, 0.6) is 0 Å². The van der Waals surface area contributed by atoms with Gasteiger partial charge in [0.1, 0.15) is 13.1 Å². The Morgan fingerprint density at radius 2 is 1.80 bits per heavy atom. The molecule has 0 saturated heterocycles. The Balaban J connectivity index is 4.20. The van der Waals surface area contributed by atoms with E-state index in [2.05, 4.69) is 16.3 Å². The molecular formula is C8H6N2. The standard InChI is InChI=1S/C8H6N2/c1-4-5-6-7-8(9-2)10-3/h4-7H,1H2. The van der Waals surface area contributed by atoms with Gasteiger partial charge in [-0.05, 0) is 0 Å². The summed E-state index contributed by atoms with van der Waals surface area (Å²) < 4.78 is 0. The Labute approximate surface area is 60.4 Å². The van der Waals surface area contributed by atoms with Crippen molar-refractivity contribution in [2.45, 2.75) is 0 Å². The van der Waals surface area contributed by atoms with Crippen molar-refractivity contribution in [3.63, 3.8) is 0 Å². The minimum absolute atomic E-state index is 0.0677. The number of hydrogen-bond donors (Lipinski definition) is 0. The molecule has 0 heterocycles. The summed E-state index contributed by atoms with van der Waals surface area (Å²) >= 11 is 0. The Morgan fingerprint density at radius 1 is 1.20 bits per heavy atom. The van der Waals surface area contributed by atoms with Gasteiger partial charge in [0.15, 0.2) is 0 Å². The third-order valence-corrected chi connectivity index (χ3v) is 0.722. The molecule has 0 aromatic rings. The highest BCUT2D eigenvalue weighted by Crippen LogP contribution is 1.96. The van der Waals surface area contributed by atoms with E-state index >= 15 is 0 Å². The quantitative estimate of drug-likeness (QED) is 0.401. The third-order valence-electron chi connectivity index (χ3n) is 0.722. The predicted molar refractivity (Wildman–Crippen MR) is 40.6 cm³/mol. The van der Waals surface area contributed by atoms with E-state index in [0.717, 1.165) is 0 Å². The van der Waals surface area contributed by atoms with Crippen molar-refractivity contribution in [3.05, 3.63) is 59.5 Å². The molecule has 48 valence electrons. The van der Waals surface area contributed by atoms with Crippen molar-refractivity contribution in [3.8, 4) is 0 Å². The molecule has 0 aliphatic rings. The van der Waals surface area contributed by atoms with Crippen LogP contribution in [-0.4, -0.2) is 0 Å². The van der Waals surface area contributed by atoms with E-state index in [4.69, 9.17) is 13.1 Å². The van der Waals surface area contributed by atoms with E-state index in [0.29, 0.717) is 0 Å².